The number of halogens is 2. The number of fused-ring (bicyclic) bond motifs is 1. The molecule has 10 heteroatoms. The largest absolute Gasteiger partial charge is 0.347 e. The van der Waals surface area contributed by atoms with Crippen molar-refractivity contribution in [1.82, 2.24) is 25.0 Å². The number of nitrogens with one attached hydrogen (secondary N) is 2. The Bertz CT molecular complexity index is 1270. The third kappa shape index (κ3) is 4.73. The predicted octanol–water partition coefficient (Wildman–Crippen LogP) is 3.75. The van der Waals surface area contributed by atoms with Crippen LogP contribution in [0.2, 0.25) is 5.02 Å². The fourth-order valence-corrected chi connectivity index (χ4v) is 3.91. The number of pyridine rings is 1. The first kappa shape index (κ1) is 21.0. The topological polar surface area (TPSA) is 88.4 Å². The summed E-state index contributed by atoms with van der Waals surface area (Å²) < 4.78 is 15.5. The Balaban J connectivity index is 1.32. The first-order valence-electron chi connectivity index (χ1n) is 9.29. The first-order chi connectivity index (χ1) is 14.9. The second-order valence-electron chi connectivity index (χ2n) is 6.80. The van der Waals surface area contributed by atoms with E-state index in [1.165, 1.54) is 17.5 Å². The van der Waals surface area contributed by atoms with Gasteiger partial charge in [0.2, 0.25) is 0 Å². The number of benzene rings is 1. The Morgan fingerprint density at radius 3 is 2.35 bits per heavy atom. The summed E-state index contributed by atoms with van der Waals surface area (Å²) in [5.74, 6) is -1.61. The van der Waals surface area contributed by atoms with E-state index in [0.29, 0.717) is 12.2 Å². The van der Waals surface area contributed by atoms with Crippen molar-refractivity contribution in [3.63, 3.8) is 0 Å². The molecule has 0 saturated heterocycles. The SMILES string of the molecule is Cc1cn2c(C(=O)NCc3ccc(CNC(=O)c4ncc(Cl)cc4F)cc3)cnc2s1. The monoisotopic (exact) mass is 457 g/mol. The molecule has 3 aromatic heterocycles. The average molecular weight is 458 g/mol. The molecule has 0 aliphatic heterocycles. The Morgan fingerprint density at radius 2 is 1.71 bits per heavy atom. The van der Waals surface area contributed by atoms with Gasteiger partial charge in [0.15, 0.2) is 16.5 Å². The number of aryl methyl sites for hydroxylation is 1. The number of carbonyl (C=O) groups excluding carboxylic acids is 2. The Kier molecular flexibility index (Phi) is 5.97. The molecule has 0 fully saturated rings. The molecule has 4 aromatic rings. The number of thiazole rings is 1. The quantitative estimate of drug-likeness (QED) is 0.461. The summed E-state index contributed by atoms with van der Waals surface area (Å²) in [5, 5.41) is 5.62. The molecular weight excluding hydrogens is 441 g/mol. The fourth-order valence-electron chi connectivity index (χ4n) is 2.96. The van der Waals surface area contributed by atoms with E-state index < -0.39 is 11.7 Å². The van der Waals surface area contributed by atoms with Crippen LogP contribution in [0, 0.1) is 12.7 Å². The lowest BCUT2D eigenvalue weighted by Gasteiger charge is -2.08. The van der Waals surface area contributed by atoms with Gasteiger partial charge in [-0.15, -0.1) is 11.3 Å². The van der Waals surface area contributed by atoms with Crippen LogP contribution in [0.25, 0.3) is 4.96 Å². The van der Waals surface area contributed by atoms with E-state index >= 15 is 0 Å². The van der Waals surface area contributed by atoms with Gasteiger partial charge in [0, 0.05) is 30.4 Å². The van der Waals surface area contributed by atoms with E-state index in [-0.39, 0.29) is 23.2 Å². The highest BCUT2D eigenvalue weighted by molar-refractivity contribution is 7.17. The smallest absolute Gasteiger partial charge is 0.273 e. The molecule has 0 atom stereocenters. The number of imidazole rings is 1. The van der Waals surface area contributed by atoms with Gasteiger partial charge >= 0.3 is 0 Å². The standard InChI is InChI=1S/C21H17ClFN5O2S/c1-12-11-28-17(10-27-21(28)31-12)19(29)25-7-13-2-4-14(5-3-13)8-26-20(30)18-16(23)6-15(22)9-24-18/h2-6,9-11H,7-8H2,1H3,(H,25,29)(H,26,30). The number of rotatable bonds is 6. The van der Waals surface area contributed by atoms with Gasteiger partial charge in [-0.2, -0.15) is 0 Å². The molecule has 0 saturated carbocycles. The molecule has 0 radical (unpaired) electrons. The molecule has 0 bridgehead atoms. The maximum Gasteiger partial charge on any atom is 0.273 e. The molecule has 0 unspecified atom stereocenters. The van der Waals surface area contributed by atoms with Gasteiger partial charge < -0.3 is 10.6 Å². The Morgan fingerprint density at radius 1 is 1.06 bits per heavy atom. The lowest BCUT2D eigenvalue weighted by Crippen LogP contribution is -2.25. The zero-order valence-corrected chi connectivity index (χ0v) is 17.9. The summed E-state index contributed by atoms with van der Waals surface area (Å²) in [6, 6.07) is 8.40. The van der Waals surface area contributed by atoms with Crippen molar-refractivity contribution >= 4 is 39.7 Å². The average Bonchev–Trinajstić information content (AvgIpc) is 3.30. The molecule has 2 amide bonds. The summed E-state index contributed by atoms with van der Waals surface area (Å²) in [6.45, 7) is 2.52. The van der Waals surface area contributed by atoms with Crippen molar-refractivity contribution in [2.45, 2.75) is 20.0 Å². The first-order valence-corrected chi connectivity index (χ1v) is 10.5. The molecule has 31 heavy (non-hydrogen) atoms. The van der Waals surface area contributed by atoms with Gasteiger partial charge in [-0.1, -0.05) is 35.9 Å². The molecule has 3 heterocycles. The molecule has 7 nitrogen and oxygen atoms in total. The van der Waals surface area contributed by atoms with Crippen molar-refractivity contribution in [2.24, 2.45) is 0 Å². The van der Waals surface area contributed by atoms with Crippen LogP contribution in [0.15, 0.2) is 48.9 Å². The number of carbonyl (C=O) groups is 2. The summed E-state index contributed by atoms with van der Waals surface area (Å²) >= 11 is 7.17. The van der Waals surface area contributed by atoms with Crippen LogP contribution in [-0.2, 0) is 13.1 Å². The van der Waals surface area contributed by atoms with E-state index in [2.05, 4.69) is 20.6 Å². The van der Waals surface area contributed by atoms with Crippen LogP contribution in [-0.4, -0.2) is 26.2 Å². The van der Waals surface area contributed by atoms with Crippen molar-refractivity contribution < 1.29 is 14.0 Å². The normalized spacial score (nSPS) is 10.9. The molecule has 0 spiro atoms. The van der Waals surface area contributed by atoms with Gasteiger partial charge in [-0.25, -0.2) is 14.4 Å². The van der Waals surface area contributed by atoms with Gasteiger partial charge in [-0.3, -0.25) is 14.0 Å². The van der Waals surface area contributed by atoms with Gasteiger partial charge in [0.05, 0.1) is 11.2 Å². The lowest BCUT2D eigenvalue weighted by atomic mass is 10.1. The second-order valence-corrected chi connectivity index (χ2v) is 8.45. The molecule has 4 rings (SSSR count). The molecule has 0 aliphatic rings. The van der Waals surface area contributed by atoms with Crippen molar-refractivity contribution in [2.75, 3.05) is 0 Å². The van der Waals surface area contributed by atoms with E-state index in [1.54, 1.807) is 10.6 Å². The third-order valence-corrected chi connectivity index (χ3v) is 5.63. The van der Waals surface area contributed by atoms with Crippen molar-refractivity contribution in [1.29, 1.82) is 0 Å². The van der Waals surface area contributed by atoms with E-state index in [9.17, 15) is 14.0 Å². The van der Waals surface area contributed by atoms with Crippen LogP contribution < -0.4 is 10.6 Å². The van der Waals surface area contributed by atoms with Gasteiger partial charge in [-0.05, 0) is 24.1 Å². The minimum atomic E-state index is -0.774. The van der Waals surface area contributed by atoms with Crippen LogP contribution in [0.1, 0.15) is 37.0 Å². The Labute approximate surface area is 185 Å². The predicted molar refractivity (Wildman–Crippen MR) is 116 cm³/mol. The highest BCUT2D eigenvalue weighted by Gasteiger charge is 2.15. The highest BCUT2D eigenvalue weighted by atomic mass is 35.5. The van der Waals surface area contributed by atoms with Crippen molar-refractivity contribution in [3.8, 4) is 0 Å². The number of amides is 2. The number of hydrogen-bond donors (Lipinski definition) is 2. The van der Waals surface area contributed by atoms with Crippen LogP contribution in [0.3, 0.4) is 0 Å². The molecule has 0 aliphatic carbocycles. The van der Waals surface area contributed by atoms with Gasteiger partial charge in [0.25, 0.3) is 11.8 Å². The summed E-state index contributed by atoms with van der Waals surface area (Å²) in [4.78, 5) is 34.4. The minimum Gasteiger partial charge on any atom is -0.347 e. The molecule has 2 N–H and O–H groups in total. The highest BCUT2D eigenvalue weighted by Crippen LogP contribution is 2.18. The van der Waals surface area contributed by atoms with E-state index in [4.69, 9.17) is 11.6 Å². The third-order valence-electron chi connectivity index (χ3n) is 4.51. The number of aromatic nitrogens is 3. The second kappa shape index (κ2) is 8.83. The zero-order chi connectivity index (χ0) is 22.0. The van der Waals surface area contributed by atoms with Crippen LogP contribution in [0.4, 0.5) is 4.39 Å². The molecular formula is C21H17ClFN5O2S. The summed E-state index contributed by atoms with van der Waals surface area (Å²) in [7, 11) is 0. The maximum absolute atomic E-state index is 13.8. The summed E-state index contributed by atoms with van der Waals surface area (Å²) in [6.07, 6.45) is 4.67. The molecule has 158 valence electrons. The van der Waals surface area contributed by atoms with Crippen LogP contribution in [0.5, 0.6) is 0 Å². The Hall–Kier alpha value is -3.30. The van der Waals surface area contributed by atoms with E-state index in [1.807, 2.05) is 37.4 Å². The summed E-state index contributed by atoms with van der Waals surface area (Å²) in [5.41, 5.74) is 1.90. The van der Waals surface area contributed by atoms with E-state index in [0.717, 1.165) is 27.0 Å². The minimum absolute atomic E-state index is 0.125. The van der Waals surface area contributed by atoms with Gasteiger partial charge in [0.1, 0.15) is 5.69 Å². The fraction of sp³-hybridized carbons (Fsp3) is 0.143. The lowest BCUT2D eigenvalue weighted by molar-refractivity contribution is 0.0934. The zero-order valence-electron chi connectivity index (χ0n) is 16.4. The molecule has 1 aromatic carbocycles. The van der Waals surface area contributed by atoms with Crippen LogP contribution >= 0.6 is 22.9 Å². The number of nitrogens with zero attached hydrogens (tertiary/aromatic N) is 3. The maximum atomic E-state index is 13.8. The van der Waals surface area contributed by atoms with Crippen molar-refractivity contribution in [3.05, 3.63) is 87.2 Å². The number of hydrogen-bond acceptors (Lipinski definition) is 5.